The lowest BCUT2D eigenvalue weighted by molar-refractivity contribution is 0.318. The summed E-state index contributed by atoms with van der Waals surface area (Å²) in [7, 11) is 0. The molecule has 0 heterocycles. The first kappa shape index (κ1) is 7.80. The molecule has 62 valence electrons. The molecule has 0 fully saturated rings. The van der Waals surface area contributed by atoms with E-state index in [1.165, 1.54) is 5.56 Å². The molecule has 12 heavy (non-hydrogen) atoms. The third-order valence-electron chi connectivity index (χ3n) is 2.16. The van der Waals surface area contributed by atoms with E-state index in [0.29, 0.717) is 0 Å². The third-order valence-corrected chi connectivity index (χ3v) is 2.91. The Morgan fingerprint density at radius 3 is 2.92 bits per heavy atom. The summed E-state index contributed by atoms with van der Waals surface area (Å²) in [4.78, 5) is 0. The van der Waals surface area contributed by atoms with Gasteiger partial charge in [0.15, 0.2) is 0 Å². The fraction of sp³-hybridized carbons (Fsp3) is 0.222. The number of hydrogen-bond donors (Lipinski definition) is 1. The lowest BCUT2D eigenvalue weighted by atomic mass is 10.1. The SMILES string of the molecule is O/N=C1/CCc2c(Br)cccc21. The molecule has 1 aliphatic rings. The van der Waals surface area contributed by atoms with Crippen molar-refractivity contribution in [2.45, 2.75) is 12.8 Å². The molecule has 0 amide bonds. The van der Waals surface area contributed by atoms with Crippen molar-refractivity contribution in [3.63, 3.8) is 0 Å². The van der Waals surface area contributed by atoms with Gasteiger partial charge in [0.2, 0.25) is 0 Å². The van der Waals surface area contributed by atoms with Gasteiger partial charge in [0.05, 0.1) is 5.71 Å². The number of hydrogen-bond acceptors (Lipinski definition) is 2. The van der Waals surface area contributed by atoms with Crippen LogP contribution >= 0.6 is 15.9 Å². The Balaban J connectivity index is 2.61. The van der Waals surface area contributed by atoms with Crippen molar-refractivity contribution in [2.75, 3.05) is 0 Å². The molecule has 0 bridgehead atoms. The Bertz CT molecular complexity index is 346. The van der Waals surface area contributed by atoms with Crippen LogP contribution in [0.4, 0.5) is 0 Å². The second kappa shape index (κ2) is 2.90. The molecule has 0 spiro atoms. The second-order valence-electron chi connectivity index (χ2n) is 2.81. The summed E-state index contributed by atoms with van der Waals surface area (Å²) in [6, 6.07) is 5.96. The minimum atomic E-state index is 0.798. The summed E-state index contributed by atoms with van der Waals surface area (Å²) in [6.07, 6.45) is 1.81. The zero-order valence-electron chi connectivity index (χ0n) is 6.42. The predicted octanol–water partition coefficient (Wildman–Crippen LogP) is 2.57. The van der Waals surface area contributed by atoms with E-state index in [2.05, 4.69) is 21.1 Å². The van der Waals surface area contributed by atoms with Crippen molar-refractivity contribution >= 4 is 21.6 Å². The Labute approximate surface area is 79.0 Å². The van der Waals surface area contributed by atoms with Crippen molar-refractivity contribution in [1.82, 2.24) is 0 Å². The van der Waals surface area contributed by atoms with Crippen LogP contribution in [0.3, 0.4) is 0 Å². The number of rotatable bonds is 0. The van der Waals surface area contributed by atoms with Crippen molar-refractivity contribution in [3.05, 3.63) is 33.8 Å². The van der Waals surface area contributed by atoms with Gasteiger partial charge in [0.1, 0.15) is 0 Å². The Morgan fingerprint density at radius 2 is 2.17 bits per heavy atom. The van der Waals surface area contributed by atoms with E-state index >= 15 is 0 Å². The van der Waals surface area contributed by atoms with Crippen LogP contribution in [-0.4, -0.2) is 10.9 Å². The van der Waals surface area contributed by atoms with Crippen molar-refractivity contribution in [2.24, 2.45) is 5.16 Å². The first-order valence-electron chi connectivity index (χ1n) is 3.81. The molecule has 2 rings (SSSR count). The fourth-order valence-electron chi connectivity index (χ4n) is 1.57. The molecule has 1 N–H and O–H groups in total. The van der Waals surface area contributed by atoms with Crippen LogP contribution in [0.2, 0.25) is 0 Å². The summed E-state index contributed by atoms with van der Waals surface area (Å²) >= 11 is 3.47. The van der Waals surface area contributed by atoms with Crippen molar-refractivity contribution in [1.29, 1.82) is 0 Å². The molecule has 0 atom stereocenters. The van der Waals surface area contributed by atoms with Crippen LogP contribution in [0.5, 0.6) is 0 Å². The summed E-state index contributed by atoms with van der Waals surface area (Å²) in [5.74, 6) is 0. The Hall–Kier alpha value is -0.830. The van der Waals surface area contributed by atoms with E-state index in [1.807, 2.05) is 18.2 Å². The molecular weight excluding hydrogens is 218 g/mol. The van der Waals surface area contributed by atoms with Gasteiger partial charge in [-0.15, -0.1) is 0 Å². The maximum Gasteiger partial charge on any atom is 0.0874 e. The summed E-state index contributed by atoms with van der Waals surface area (Å²) in [5.41, 5.74) is 3.13. The average molecular weight is 226 g/mol. The van der Waals surface area contributed by atoms with Gasteiger partial charge < -0.3 is 5.21 Å². The molecule has 0 aliphatic heterocycles. The van der Waals surface area contributed by atoms with E-state index in [9.17, 15) is 0 Å². The van der Waals surface area contributed by atoms with Crippen molar-refractivity contribution < 1.29 is 5.21 Å². The molecule has 0 saturated heterocycles. The standard InChI is InChI=1S/C9H8BrNO/c10-8-3-1-2-7-6(8)4-5-9(7)11-12/h1-3,12H,4-5H2/b11-9-. The first-order chi connectivity index (χ1) is 5.83. The van der Waals surface area contributed by atoms with E-state index in [0.717, 1.165) is 28.6 Å². The van der Waals surface area contributed by atoms with Crippen LogP contribution < -0.4 is 0 Å². The van der Waals surface area contributed by atoms with Gasteiger partial charge in [-0.3, -0.25) is 0 Å². The maximum absolute atomic E-state index is 8.68. The van der Waals surface area contributed by atoms with E-state index < -0.39 is 0 Å². The van der Waals surface area contributed by atoms with Crippen molar-refractivity contribution in [3.8, 4) is 0 Å². The smallest absolute Gasteiger partial charge is 0.0874 e. The van der Waals surface area contributed by atoms with Gasteiger partial charge in [0.25, 0.3) is 0 Å². The minimum Gasteiger partial charge on any atom is -0.411 e. The monoisotopic (exact) mass is 225 g/mol. The lowest BCUT2D eigenvalue weighted by Gasteiger charge is -1.99. The quantitative estimate of drug-likeness (QED) is 0.535. The van der Waals surface area contributed by atoms with Gasteiger partial charge in [-0.05, 0) is 24.5 Å². The van der Waals surface area contributed by atoms with Crippen LogP contribution in [0.15, 0.2) is 27.8 Å². The zero-order valence-corrected chi connectivity index (χ0v) is 8.00. The lowest BCUT2D eigenvalue weighted by Crippen LogP contribution is -1.93. The topological polar surface area (TPSA) is 32.6 Å². The summed E-state index contributed by atoms with van der Waals surface area (Å²) in [5, 5.41) is 11.9. The average Bonchev–Trinajstić information content (AvgIpc) is 2.49. The van der Waals surface area contributed by atoms with E-state index in [1.54, 1.807) is 0 Å². The fourth-order valence-corrected chi connectivity index (χ4v) is 2.13. The second-order valence-corrected chi connectivity index (χ2v) is 3.67. The van der Waals surface area contributed by atoms with Crippen LogP contribution in [0.1, 0.15) is 17.5 Å². The molecule has 1 aromatic carbocycles. The number of oxime groups is 1. The highest BCUT2D eigenvalue weighted by Gasteiger charge is 2.19. The number of halogens is 1. The van der Waals surface area contributed by atoms with Gasteiger partial charge in [0, 0.05) is 10.0 Å². The third kappa shape index (κ3) is 1.05. The largest absolute Gasteiger partial charge is 0.411 e. The normalized spacial score (nSPS) is 18.2. The highest BCUT2D eigenvalue weighted by molar-refractivity contribution is 9.10. The van der Waals surface area contributed by atoms with Gasteiger partial charge in [-0.1, -0.05) is 33.2 Å². The Morgan fingerprint density at radius 1 is 1.33 bits per heavy atom. The first-order valence-corrected chi connectivity index (χ1v) is 4.61. The molecule has 0 aromatic heterocycles. The van der Waals surface area contributed by atoms with Crippen LogP contribution in [0.25, 0.3) is 0 Å². The van der Waals surface area contributed by atoms with E-state index in [-0.39, 0.29) is 0 Å². The van der Waals surface area contributed by atoms with E-state index in [4.69, 9.17) is 5.21 Å². The molecule has 0 radical (unpaired) electrons. The van der Waals surface area contributed by atoms with Gasteiger partial charge in [-0.25, -0.2) is 0 Å². The number of nitrogens with zero attached hydrogens (tertiary/aromatic N) is 1. The van der Waals surface area contributed by atoms with Crippen LogP contribution in [-0.2, 0) is 6.42 Å². The Kier molecular flexibility index (Phi) is 1.89. The summed E-state index contributed by atoms with van der Waals surface area (Å²) in [6.45, 7) is 0. The molecule has 3 heteroatoms. The van der Waals surface area contributed by atoms with Gasteiger partial charge >= 0.3 is 0 Å². The number of fused-ring (bicyclic) bond motifs is 1. The molecule has 2 nitrogen and oxygen atoms in total. The molecule has 0 unspecified atom stereocenters. The molecule has 1 aliphatic carbocycles. The summed E-state index contributed by atoms with van der Waals surface area (Å²) < 4.78 is 1.11. The predicted molar refractivity (Wildman–Crippen MR) is 50.8 cm³/mol. The van der Waals surface area contributed by atoms with Crippen LogP contribution in [0, 0.1) is 0 Å². The molecule has 1 aromatic rings. The molecule has 0 saturated carbocycles. The number of benzene rings is 1. The van der Waals surface area contributed by atoms with Gasteiger partial charge in [-0.2, -0.15) is 0 Å². The minimum absolute atomic E-state index is 0.798. The zero-order chi connectivity index (χ0) is 8.55. The highest BCUT2D eigenvalue weighted by Crippen LogP contribution is 2.28. The maximum atomic E-state index is 8.68. The highest BCUT2D eigenvalue weighted by atomic mass is 79.9. The molecular formula is C9H8BrNO.